The van der Waals surface area contributed by atoms with Gasteiger partial charge >= 0.3 is 0 Å². The Balaban J connectivity index is 1.92. The third-order valence-electron chi connectivity index (χ3n) is 3.83. The van der Waals surface area contributed by atoms with Gasteiger partial charge in [0.25, 0.3) is 5.91 Å². The maximum Gasteiger partial charge on any atom is 0.255 e. The van der Waals surface area contributed by atoms with Crippen LogP contribution < -0.4 is 5.73 Å². The molecule has 1 fully saturated rings. The normalized spacial score (nSPS) is 18.0. The first-order chi connectivity index (χ1) is 10.2. The van der Waals surface area contributed by atoms with Crippen LogP contribution in [0.2, 0.25) is 0 Å². The standard InChI is InChI=1S/C16H16BrN3O/c17-14-4-3-12(18)10-13(14)16(21)20-9-1-2-15(20)11-5-7-19-8-6-11/h3-8,10,15H,1-2,9,18H2. The molecule has 1 atom stereocenters. The maximum absolute atomic E-state index is 12.8. The Morgan fingerprint density at radius 1 is 1.29 bits per heavy atom. The number of amides is 1. The van der Waals surface area contributed by atoms with Gasteiger partial charge in [0, 0.05) is 29.1 Å². The van der Waals surface area contributed by atoms with Crippen molar-refractivity contribution in [3.63, 3.8) is 0 Å². The molecular weight excluding hydrogens is 330 g/mol. The second-order valence-electron chi connectivity index (χ2n) is 5.18. The summed E-state index contributed by atoms with van der Waals surface area (Å²) in [6.07, 6.45) is 5.54. The monoisotopic (exact) mass is 345 g/mol. The van der Waals surface area contributed by atoms with Gasteiger partial charge in [-0.15, -0.1) is 0 Å². The van der Waals surface area contributed by atoms with Crippen molar-refractivity contribution in [3.8, 4) is 0 Å². The fourth-order valence-corrected chi connectivity index (χ4v) is 3.22. The summed E-state index contributed by atoms with van der Waals surface area (Å²) in [4.78, 5) is 18.8. The van der Waals surface area contributed by atoms with E-state index < -0.39 is 0 Å². The van der Waals surface area contributed by atoms with E-state index in [-0.39, 0.29) is 11.9 Å². The molecule has 1 amide bonds. The number of benzene rings is 1. The van der Waals surface area contributed by atoms with Crippen molar-refractivity contribution < 1.29 is 4.79 Å². The van der Waals surface area contributed by atoms with Crippen molar-refractivity contribution in [1.29, 1.82) is 0 Å². The minimum Gasteiger partial charge on any atom is -0.399 e. The van der Waals surface area contributed by atoms with E-state index in [1.165, 1.54) is 0 Å². The predicted octanol–water partition coefficient (Wildman–Crippen LogP) is 3.40. The topological polar surface area (TPSA) is 59.2 Å². The highest BCUT2D eigenvalue weighted by atomic mass is 79.9. The third-order valence-corrected chi connectivity index (χ3v) is 4.52. The molecule has 2 heterocycles. The highest BCUT2D eigenvalue weighted by molar-refractivity contribution is 9.10. The molecule has 1 aromatic heterocycles. The quantitative estimate of drug-likeness (QED) is 0.848. The van der Waals surface area contributed by atoms with Gasteiger partial charge < -0.3 is 10.6 Å². The smallest absolute Gasteiger partial charge is 0.255 e. The minimum absolute atomic E-state index is 0.0217. The molecule has 3 rings (SSSR count). The number of pyridine rings is 1. The summed E-state index contributed by atoms with van der Waals surface area (Å²) < 4.78 is 0.780. The molecule has 1 aliphatic heterocycles. The van der Waals surface area contributed by atoms with Crippen molar-refractivity contribution in [2.24, 2.45) is 0 Å². The van der Waals surface area contributed by atoms with Gasteiger partial charge in [0.05, 0.1) is 11.6 Å². The summed E-state index contributed by atoms with van der Waals surface area (Å²) in [5.74, 6) is 0.0217. The number of halogens is 1. The summed E-state index contributed by atoms with van der Waals surface area (Å²) in [7, 11) is 0. The minimum atomic E-state index is 0.0217. The van der Waals surface area contributed by atoms with Crippen molar-refractivity contribution in [2.75, 3.05) is 12.3 Å². The fraction of sp³-hybridized carbons (Fsp3) is 0.250. The van der Waals surface area contributed by atoms with Gasteiger partial charge in [-0.1, -0.05) is 0 Å². The molecular formula is C16H16BrN3O. The summed E-state index contributed by atoms with van der Waals surface area (Å²) in [5.41, 5.74) is 8.16. The molecule has 2 N–H and O–H groups in total. The van der Waals surface area contributed by atoms with Gasteiger partial charge in [-0.3, -0.25) is 9.78 Å². The van der Waals surface area contributed by atoms with E-state index in [4.69, 9.17) is 5.73 Å². The first-order valence-electron chi connectivity index (χ1n) is 6.93. The summed E-state index contributed by atoms with van der Waals surface area (Å²) in [6.45, 7) is 0.771. The molecule has 0 spiro atoms. The molecule has 1 aromatic carbocycles. The molecule has 0 aliphatic carbocycles. The molecule has 1 saturated heterocycles. The van der Waals surface area contributed by atoms with Crippen LogP contribution in [0.1, 0.15) is 34.8 Å². The van der Waals surface area contributed by atoms with Gasteiger partial charge in [0.2, 0.25) is 0 Å². The lowest BCUT2D eigenvalue weighted by Gasteiger charge is -2.25. The molecule has 4 nitrogen and oxygen atoms in total. The molecule has 0 radical (unpaired) electrons. The molecule has 21 heavy (non-hydrogen) atoms. The lowest BCUT2D eigenvalue weighted by atomic mass is 10.1. The lowest BCUT2D eigenvalue weighted by Crippen LogP contribution is -2.30. The van der Waals surface area contributed by atoms with Gasteiger partial charge in [-0.25, -0.2) is 0 Å². The van der Waals surface area contributed by atoms with Crippen LogP contribution in [0.15, 0.2) is 47.2 Å². The second-order valence-corrected chi connectivity index (χ2v) is 6.03. The molecule has 2 aromatic rings. The van der Waals surface area contributed by atoms with Crippen LogP contribution in [-0.4, -0.2) is 22.3 Å². The van der Waals surface area contributed by atoms with E-state index in [0.717, 1.165) is 29.4 Å². The Bertz CT molecular complexity index is 660. The van der Waals surface area contributed by atoms with E-state index in [0.29, 0.717) is 11.3 Å². The van der Waals surface area contributed by atoms with E-state index in [9.17, 15) is 4.79 Å². The van der Waals surface area contributed by atoms with Crippen molar-refractivity contribution in [1.82, 2.24) is 9.88 Å². The van der Waals surface area contributed by atoms with Crippen molar-refractivity contribution in [3.05, 3.63) is 58.3 Å². The van der Waals surface area contributed by atoms with E-state index >= 15 is 0 Å². The fourth-order valence-electron chi connectivity index (χ4n) is 2.80. The van der Waals surface area contributed by atoms with E-state index in [1.807, 2.05) is 23.1 Å². The van der Waals surface area contributed by atoms with Crippen LogP contribution in [0.3, 0.4) is 0 Å². The number of carbonyl (C=O) groups excluding carboxylic acids is 1. The number of nitrogens with two attached hydrogens (primary N) is 1. The highest BCUT2D eigenvalue weighted by Gasteiger charge is 2.31. The SMILES string of the molecule is Nc1ccc(Br)c(C(=O)N2CCCC2c2ccncc2)c1. The van der Waals surface area contributed by atoms with Crippen LogP contribution in [0, 0.1) is 0 Å². The average molecular weight is 346 g/mol. The van der Waals surface area contributed by atoms with Crippen LogP contribution >= 0.6 is 15.9 Å². The van der Waals surface area contributed by atoms with E-state index in [2.05, 4.69) is 20.9 Å². The largest absolute Gasteiger partial charge is 0.399 e. The number of rotatable bonds is 2. The summed E-state index contributed by atoms with van der Waals surface area (Å²) in [5, 5.41) is 0. The van der Waals surface area contributed by atoms with Crippen molar-refractivity contribution in [2.45, 2.75) is 18.9 Å². The highest BCUT2D eigenvalue weighted by Crippen LogP contribution is 2.34. The zero-order valence-corrected chi connectivity index (χ0v) is 13.1. The molecule has 1 aliphatic rings. The number of aromatic nitrogens is 1. The zero-order chi connectivity index (χ0) is 14.8. The number of nitrogens with zero attached hydrogens (tertiary/aromatic N) is 2. The van der Waals surface area contributed by atoms with Crippen LogP contribution in [0.4, 0.5) is 5.69 Å². The predicted molar refractivity (Wildman–Crippen MR) is 85.8 cm³/mol. The maximum atomic E-state index is 12.8. The number of hydrogen-bond acceptors (Lipinski definition) is 3. The van der Waals surface area contributed by atoms with Gasteiger partial charge in [0.15, 0.2) is 0 Å². The Morgan fingerprint density at radius 2 is 2.05 bits per heavy atom. The molecule has 0 saturated carbocycles. The van der Waals surface area contributed by atoms with Gasteiger partial charge in [-0.05, 0) is 64.7 Å². The Labute approximate surface area is 132 Å². The van der Waals surface area contributed by atoms with E-state index in [1.54, 1.807) is 24.5 Å². The third kappa shape index (κ3) is 2.78. The van der Waals surface area contributed by atoms with Gasteiger partial charge in [0.1, 0.15) is 0 Å². The summed E-state index contributed by atoms with van der Waals surface area (Å²) >= 11 is 3.44. The Kier molecular flexibility index (Phi) is 3.92. The number of nitrogen functional groups attached to an aromatic ring is 1. The molecule has 1 unspecified atom stereocenters. The van der Waals surface area contributed by atoms with Crippen molar-refractivity contribution >= 4 is 27.5 Å². The van der Waals surface area contributed by atoms with Crippen LogP contribution in [0.25, 0.3) is 0 Å². The number of anilines is 1. The molecule has 5 heteroatoms. The van der Waals surface area contributed by atoms with Gasteiger partial charge in [-0.2, -0.15) is 0 Å². The number of likely N-dealkylation sites (tertiary alicyclic amines) is 1. The van der Waals surface area contributed by atoms with Crippen LogP contribution in [-0.2, 0) is 0 Å². The molecule has 0 bridgehead atoms. The Hall–Kier alpha value is -1.88. The zero-order valence-electron chi connectivity index (χ0n) is 11.5. The first-order valence-corrected chi connectivity index (χ1v) is 7.72. The second kappa shape index (κ2) is 5.85. The lowest BCUT2D eigenvalue weighted by molar-refractivity contribution is 0.0734. The number of carbonyl (C=O) groups is 1. The first kappa shape index (κ1) is 14.1. The number of hydrogen-bond donors (Lipinski definition) is 1. The summed E-state index contributed by atoms with van der Waals surface area (Å²) in [6, 6.07) is 9.41. The average Bonchev–Trinajstić information content (AvgIpc) is 2.99. The Morgan fingerprint density at radius 3 is 2.81 bits per heavy atom. The molecule has 108 valence electrons. The van der Waals surface area contributed by atoms with Crippen LogP contribution in [0.5, 0.6) is 0 Å².